The summed E-state index contributed by atoms with van der Waals surface area (Å²) in [5, 5.41) is 7.81. The van der Waals surface area contributed by atoms with E-state index in [9.17, 15) is 9.18 Å². The van der Waals surface area contributed by atoms with Gasteiger partial charge in [-0.1, -0.05) is 5.21 Å². The second kappa shape index (κ2) is 7.21. The van der Waals surface area contributed by atoms with Gasteiger partial charge >= 0.3 is 5.97 Å². The lowest BCUT2D eigenvalue weighted by molar-refractivity contribution is 0.0518. The molecule has 0 bridgehead atoms. The van der Waals surface area contributed by atoms with E-state index in [1.807, 2.05) is 0 Å². The van der Waals surface area contributed by atoms with E-state index in [1.165, 1.54) is 12.1 Å². The summed E-state index contributed by atoms with van der Waals surface area (Å²) in [6.07, 6.45) is 0. The summed E-state index contributed by atoms with van der Waals surface area (Å²) in [7, 11) is 0. The molecule has 0 fully saturated rings. The van der Waals surface area contributed by atoms with Gasteiger partial charge in [-0.3, -0.25) is 0 Å². The largest absolute Gasteiger partial charge is 0.461 e. The van der Waals surface area contributed by atoms with Gasteiger partial charge in [-0.2, -0.15) is 0 Å². The van der Waals surface area contributed by atoms with Gasteiger partial charge in [0.25, 0.3) is 0 Å². The molecule has 5 nitrogen and oxygen atoms in total. The summed E-state index contributed by atoms with van der Waals surface area (Å²) in [4.78, 5) is 12.6. The number of benzene rings is 1. The van der Waals surface area contributed by atoms with Crippen LogP contribution in [0.15, 0.2) is 29.2 Å². The molecular formula is C14H16FN3O2S. The molecule has 0 radical (unpaired) electrons. The van der Waals surface area contributed by atoms with E-state index in [0.717, 1.165) is 10.6 Å². The fourth-order valence-corrected chi connectivity index (χ4v) is 2.57. The third kappa shape index (κ3) is 4.04. The van der Waals surface area contributed by atoms with Crippen LogP contribution < -0.4 is 0 Å². The Balaban J connectivity index is 1.92. The summed E-state index contributed by atoms with van der Waals surface area (Å²) < 4.78 is 19.4. The molecule has 2 aromatic rings. The van der Waals surface area contributed by atoms with Crippen molar-refractivity contribution in [1.29, 1.82) is 0 Å². The molecule has 0 unspecified atom stereocenters. The zero-order chi connectivity index (χ0) is 15.2. The van der Waals surface area contributed by atoms with Gasteiger partial charge in [0.1, 0.15) is 5.82 Å². The Morgan fingerprint density at radius 1 is 1.38 bits per heavy atom. The van der Waals surface area contributed by atoms with E-state index >= 15 is 0 Å². The first-order chi connectivity index (χ1) is 10.1. The van der Waals surface area contributed by atoms with Gasteiger partial charge in [0.15, 0.2) is 5.69 Å². The second-order valence-corrected chi connectivity index (χ2v) is 5.44. The van der Waals surface area contributed by atoms with Crippen molar-refractivity contribution >= 4 is 17.7 Å². The van der Waals surface area contributed by atoms with Crippen LogP contribution in [-0.4, -0.2) is 33.3 Å². The van der Waals surface area contributed by atoms with Crippen LogP contribution in [0.4, 0.5) is 4.39 Å². The third-order valence-electron chi connectivity index (χ3n) is 2.84. The van der Waals surface area contributed by atoms with E-state index in [0.29, 0.717) is 18.8 Å². The van der Waals surface area contributed by atoms with Crippen molar-refractivity contribution in [3.05, 3.63) is 41.5 Å². The number of ether oxygens (including phenoxy) is 1. The third-order valence-corrected chi connectivity index (χ3v) is 3.83. The summed E-state index contributed by atoms with van der Waals surface area (Å²) in [6.45, 7) is 4.46. The highest BCUT2D eigenvalue weighted by molar-refractivity contribution is 7.99. The van der Waals surface area contributed by atoms with Gasteiger partial charge in [0.05, 0.1) is 18.8 Å². The average Bonchev–Trinajstić information content (AvgIpc) is 2.83. The monoisotopic (exact) mass is 309 g/mol. The van der Waals surface area contributed by atoms with Crippen LogP contribution in [0.2, 0.25) is 0 Å². The van der Waals surface area contributed by atoms with Crippen LogP contribution in [0.25, 0.3) is 0 Å². The quantitative estimate of drug-likeness (QED) is 0.606. The topological polar surface area (TPSA) is 57.0 Å². The molecule has 0 aliphatic carbocycles. The van der Waals surface area contributed by atoms with E-state index in [4.69, 9.17) is 4.74 Å². The number of nitrogens with zero attached hydrogens (tertiary/aromatic N) is 3. The van der Waals surface area contributed by atoms with Crippen molar-refractivity contribution in [1.82, 2.24) is 15.0 Å². The van der Waals surface area contributed by atoms with Crippen molar-refractivity contribution in [3.63, 3.8) is 0 Å². The van der Waals surface area contributed by atoms with Crippen LogP contribution in [-0.2, 0) is 11.3 Å². The molecule has 112 valence electrons. The average molecular weight is 309 g/mol. The van der Waals surface area contributed by atoms with E-state index < -0.39 is 5.97 Å². The lowest BCUT2D eigenvalue weighted by Gasteiger charge is -2.04. The van der Waals surface area contributed by atoms with Gasteiger partial charge in [-0.25, -0.2) is 13.9 Å². The molecule has 0 saturated carbocycles. The number of thioether (sulfide) groups is 1. The van der Waals surface area contributed by atoms with E-state index in [-0.39, 0.29) is 11.5 Å². The van der Waals surface area contributed by atoms with Gasteiger partial charge < -0.3 is 4.74 Å². The Bertz CT molecular complexity index is 613. The van der Waals surface area contributed by atoms with E-state index in [2.05, 4.69) is 10.3 Å². The first-order valence-electron chi connectivity index (χ1n) is 6.57. The maximum atomic E-state index is 12.8. The van der Waals surface area contributed by atoms with Crippen molar-refractivity contribution in [2.75, 3.05) is 12.4 Å². The number of hydrogen-bond donors (Lipinski definition) is 0. The number of rotatable bonds is 6. The molecule has 21 heavy (non-hydrogen) atoms. The van der Waals surface area contributed by atoms with E-state index in [1.54, 1.807) is 42.4 Å². The van der Waals surface area contributed by atoms with Crippen molar-refractivity contribution < 1.29 is 13.9 Å². The minimum absolute atomic E-state index is 0.245. The van der Waals surface area contributed by atoms with Crippen molar-refractivity contribution in [2.24, 2.45) is 0 Å². The minimum Gasteiger partial charge on any atom is -0.461 e. The predicted molar refractivity (Wildman–Crippen MR) is 77.8 cm³/mol. The maximum Gasteiger partial charge on any atom is 0.360 e. The highest BCUT2D eigenvalue weighted by atomic mass is 32.2. The molecule has 0 amide bonds. The number of carbonyl (C=O) groups is 1. The lowest BCUT2D eigenvalue weighted by atomic mass is 10.3. The smallest absolute Gasteiger partial charge is 0.360 e. The summed E-state index contributed by atoms with van der Waals surface area (Å²) >= 11 is 1.59. The Morgan fingerprint density at radius 2 is 2.10 bits per heavy atom. The zero-order valence-electron chi connectivity index (χ0n) is 11.9. The van der Waals surface area contributed by atoms with Gasteiger partial charge in [0, 0.05) is 10.6 Å². The number of esters is 1. The molecule has 1 aromatic carbocycles. The molecule has 0 aliphatic rings. The SMILES string of the molecule is CCOC(=O)c1nnn(CCSc2ccc(F)cc2)c1C. The van der Waals surface area contributed by atoms with Crippen LogP contribution in [0.5, 0.6) is 0 Å². The molecule has 0 aliphatic heterocycles. The Labute approximate surface area is 126 Å². The molecular weight excluding hydrogens is 293 g/mol. The molecule has 2 rings (SSSR count). The number of halogens is 1. The fourth-order valence-electron chi connectivity index (χ4n) is 1.74. The van der Waals surface area contributed by atoms with Crippen LogP contribution in [0, 0.1) is 12.7 Å². The fraction of sp³-hybridized carbons (Fsp3) is 0.357. The molecule has 1 heterocycles. The molecule has 0 N–H and O–H groups in total. The van der Waals surface area contributed by atoms with Crippen molar-refractivity contribution in [2.45, 2.75) is 25.3 Å². The first kappa shape index (κ1) is 15.5. The highest BCUT2D eigenvalue weighted by Gasteiger charge is 2.17. The Hall–Kier alpha value is -1.89. The lowest BCUT2D eigenvalue weighted by Crippen LogP contribution is -2.09. The second-order valence-electron chi connectivity index (χ2n) is 4.27. The zero-order valence-corrected chi connectivity index (χ0v) is 12.7. The molecule has 0 spiro atoms. The first-order valence-corrected chi connectivity index (χ1v) is 7.56. The predicted octanol–water partition coefficient (Wildman–Crippen LogP) is 2.69. The van der Waals surface area contributed by atoms with Crippen LogP contribution in [0.3, 0.4) is 0 Å². The van der Waals surface area contributed by atoms with Crippen LogP contribution in [0.1, 0.15) is 23.1 Å². The van der Waals surface area contributed by atoms with Gasteiger partial charge in [-0.05, 0) is 38.1 Å². The number of aryl methyl sites for hydroxylation is 1. The number of carbonyl (C=O) groups excluding carboxylic acids is 1. The van der Waals surface area contributed by atoms with Crippen LogP contribution >= 0.6 is 11.8 Å². The molecule has 7 heteroatoms. The highest BCUT2D eigenvalue weighted by Crippen LogP contribution is 2.18. The maximum absolute atomic E-state index is 12.8. The Kier molecular flexibility index (Phi) is 5.32. The van der Waals surface area contributed by atoms with Gasteiger partial charge in [0.2, 0.25) is 0 Å². The summed E-state index contributed by atoms with van der Waals surface area (Å²) in [5.41, 5.74) is 0.941. The van der Waals surface area contributed by atoms with Crippen molar-refractivity contribution in [3.8, 4) is 0 Å². The Morgan fingerprint density at radius 3 is 2.76 bits per heavy atom. The normalized spacial score (nSPS) is 10.6. The standard InChI is InChI=1S/C14H16FN3O2S/c1-3-20-14(19)13-10(2)18(17-16-13)8-9-21-12-6-4-11(15)5-7-12/h4-7H,3,8-9H2,1-2H3. The number of aromatic nitrogens is 3. The van der Waals surface area contributed by atoms with Gasteiger partial charge in [-0.15, -0.1) is 16.9 Å². The molecule has 0 saturated heterocycles. The molecule has 1 aromatic heterocycles. The summed E-state index contributed by atoms with van der Waals surface area (Å²) in [5.74, 6) is 0.0518. The minimum atomic E-state index is -0.451. The summed E-state index contributed by atoms with van der Waals surface area (Å²) in [6, 6.07) is 6.33. The number of hydrogen-bond acceptors (Lipinski definition) is 5. The molecule has 0 atom stereocenters.